The fourth-order valence-electron chi connectivity index (χ4n) is 3.41. The number of benzene rings is 1. The van der Waals surface area contributed by atoms with Crippen LogP contribution >= 0.6 is 0 Å². The van der Waals surface area contributed by atoms with E-state index in [2.05, 4.69) is 20.5 Å². The lowest BCUT2D eigenvalue weighted by atomic mass is 10.1. The number of carbonyl (C=O) groups excluding carboxylic acids is 1. The van der Waals surface area contributed by atoms with E-state index in [1.807, 2.05) is 47.3 Å². The molecule has 8 heteroatoms. The van der Waals surface area contributed by atoms with Crippen molar-refractivity contribution in [1.82, 2.24) is 30.1 Å². The molecule has 1 N–H and O–H groups in total. The fraction of sp³-hybridized carbons (Fsp3) is 0.400. The van der Waals surface area contributed by atoms with Crippen LogP contribution in [0.25, 0.3) is 0 Å². The van der Waals surface area contributed by atoms with Crippen molar-refractivity contribution >= 4 is 5.91 Å². The minimum atomic E-state index is -0.0223. The summed E-state index contributed by atoms with van der Waals surface area (Å²) in [6.07, 6.45) is 4.27. The third-order valence-corrected chi connectivity index (χ3v) is 5.28. The minimum Gasteiger partial charge on any atom is -0.370 e. The van der Waals surface area contributed by atoms with Crippen molar-refractivity contribution in [2.45, 2.75) is 38.0 Å². The van der Waals surface area contributed by atoms with E-state index in [9.17, 15) is 4.79 Å². The smallest absolute Gasteiger partial charge is 0.274 e. The highest BCUT2D eigenvalue weighted by Gasteiger charge is 2.35. The maximum Gasteiger partial charge on any atom is 0.274 e. The molecule has 0 bridgehead atoms. The number of aromatic amines is 1. The molecule has 1 aromatic carbocycles. The van der Waals surface area contributed by atoms with Crippen LogP contribution in [0.5, 0.6) is 0 Å². The summed E-state index contributed by atoms with van der Waals surface area (Å²) < 4.78 is 7.53. The largest absolute Gasteiger partial charge is 0.370 e. The molecule has 0 radical (unpaired) electrons. The quantitative estimate of drug-likeness (QED) is 0.681. The number of aromatic nitrogens is 5. The summed E-state index contributed by atoms with van der Waals surface area (Å²) in [6.45, 7) is 2.21. The van der Waals surface area contributed by atoms with E-state index in [0.717, 1.165) is 17.0 Å². The SMILES string of the molecule is O=C(c1cc(C2CC2)[nH]n1)N1CC(n2cc(COCc3ccccc3)nn2)C1. The summed E-state index contributed by atoms with van der Waals surface area (Å²) in [4.78, 5) is 14.3. The van der Waals surface area contributed by atoms with Gasteiger partial charge in [-0.1, -0.05) is 35.5 Å². The standard InChI is InChI=1S/C20H22N6O2/c27-20(19-8-18(22-23-19)15-6-7-15)25-10-17(11-25)26-9-16(21-24-26)13-28-12-14-4-2-1-3-5-14/h1-5,8-9,15,17H,6-7,10-13H2,(H,22,23). The van der Waals surface area contributed by atoms with Gasteiger partial charge in [0.25, 0.3) is 5.91 Å². The Balaban J connectivity index is 1.11. The van der Waals surface area contributed by atoms with Crippen LogP contribution in [-0.2, 0) is 18.0 Å². The Morgan fingerprint density at radius 3 is 2.79 bits per heavy atom. The summed E-state index contributed by atoms with van der Waals surface area (Å²) in [5.41, 5.74) is 3.51. The van der Waals surface area contributed by atoms with Crippen LogP contribution in [0.1, 0.15) is 52.2 Å². The number of hydrogen-bond acceptors (Lipinski definition) is 5. The van der Waals surface area contributed by atoms with Crippen LogP contribution < -0.4 is 0 Å². The minimum absolute atomic E-state index is 0.0223. The molecule has 3 heterocycles. The Kier molecular flexibility index (Phi) is 4.40. The maximum absolute atomic E-state index is 12.5. The van der Waals surface area contributed by atoms with E-state index >= 15 is 0 Å². The number of rotatable bonds is 7. The zero-order chi connectivity index (χ0) is 18.9. The molecule has 28 heavy (non-hydrogen) atoms. The lowest BCUT2D eigenvalue weighted by Crippen LogP contribution is -2.51. The first-order valence-corrected chi connectivity index (χ1v) is 9.63. The van der Waals surface area contributed by atoms with E-state index in [4.69, 9.17) is 4.74 Å². The summed E-state index contributed by atoms with van der Waals surface area (Å²) in [5, 5.41) is 15.5. The first-order chi connectivity index (χ1) is 13.8. The second-order valence-electron chi connectivity index (χ2n) is 7.52. The van der Waals surface area contributed by atoms with Gasteiger partial charge in [-0.25, -0.2) is 4.68 Å². The molecule has 8 nitrogen and oxygen atoms in total. The molecule has 1 aliphatic carbocycles. The average molecular weight is 378 g/mol. The van der Waals surface area contributed by atoms with Crippen LogP contribution in [-0.4, -0.2) is 49.1 Å². The Bertz CT molecular complexity index is 956. The number of nitrogens with one attached hydrogen (secondary N) is 1. The van der Waals surface area contributed by atoms with Crippen molar-refractivity contribution in [2.24, 2.45) is 0 Å². The first-order valence-electron chi connectivity index (χ1n) is 9.63. The molecule has 1 saturated carbocycles. The molecule has 2 aliphatic rings. The van der Waals surface area contributed by atoms with Gasteiger partial charge in [-0.15, -0.1) is 5.10 Å². The molecule has 1 aliphatic heterocycles. The predicted molar refractivity (Wildman–Crippen MR) is 100 cm³/mol. The van der Waals surface area contributed by atoms with E-state index in [1.165, 1.54) is 12.8 Å². The molecule has 0 spiro atoms. The zero-order valence-electron chi connectivity index (χ0n) is 15.5. The molecule has 5 rings (SSSR count). The normalized spacial score (nSPS) is 16.9. The van der Waals surface area contributed by atoms with Gasteiger partial charge in [0.05, 0.1) is 25.5 Å². The van der Waals surface area contributed by atoms with Gasteiger partial charge in [0.15, 0.2) is 0 Å². The Labute approximate surface area is 162 Å². The lowest BCUT2D eigenvalue weighted by Gasteiger charge is -2.38. The second-order valence-corrected chi connectivity index (χ2v) is 7.52. The lowest BCUT2D eigenvalue weighted by molar-refractivity contribution is 0.0492. The number of likely N-dealkylation sites (tertiary alicyclic amines) is 1. The number of carbonyl (C=O) groups is 1. The highest BCUT2D eigenvalue weighted by molar-refractivity contribution is 5.93. The van der Waals surface area contributed by atoms with E-state index in [0.29, 0.717) is 37.9 Å². The predicted octanol–water partition coefficient (Wildman–Crippen LogP) is 2.29. The molecule has 0 unspecified atom stereocenters. The average Bonchev–Trinajstić information content (AvgIpc) is 3.23. The monoisotopic (exact) mass is 378 g/mol. The molecule has 1 amide bonds. The van der Waals surface area contributed by atoms with Crippen molar-refractivity contribution in [2.75, 3.05) is 13.1 Å². The molecular weight excluding hydrogens is 356 g/mol. The molecular formula is C20H22N6O2. The molecule has 2 aromatic heterocycles. The van der Waals surface area contributed by atoms with E-state index in [-0.39, 0.29) is 11.9 Å². The van der Waals surface area contributed by atoms with Crippen LogP contribution in [0.15, 0.2) is 42.6 Å². The summed E-state index contributed by atoms with van der Waals surface area (Å²) >= 11 is 0. The van der Waals surface area contributed by atoms with Crippen LogP contribution in [0.3, 0.4) is 0 Å². The third kappa shape index (κ3) is 3.55. The number of hydrogen-bond donors (Lipinski definition) is 1. The van der Waals surface area contributed by atoms with Crippen molar-refractivity contribution in [1.29, 1.82) is 0 Å². The number of H-pyrrole nitrogens is 1. The Morgan fingerprint density at radius 2 is 2.00 bits per heavy atom. The van der Waals surface area contributed by atoms with Crippen LogP contribution in [0, 0.1) is 0 Å². The van der Waals surface area contributed by atoms with Gasteiger partial charge < -0.3 is 9.64 Å². The Morgan fingerprint density at radius 1 is 1.18 bits per heavy atom. The third-order valence-electron chi connectivity index (χ3n) is 5.28. The highest BCUT2D eigenvalue weighted by Crippen LogP contribution is 2.39. The fourth-order valence-corrected chi connectivity index (χ4v) is 3.41. The van der Waals surface area contributed by atoms with Gasteiger partial charge >= 0.3 is 0 Å². The van der Waals surface area contributed by atoms with E-state index < -0.39 is 0 Å². The summed E-state index contributed by atoms with van der Waals surface area (Å²) in [5.74, 6) is 0.543. The molecule has 1 saturated heterocycles. The van der Waals surface area contributed by atoms with Crippen molar-refractivity contribution in [3.05, 3.63) is 65.2 Å². The van der Waals surface area contributed by atoms with Gasteiger partial charge in [0, 0.05) is 24.7 Å². The topological polar surface area (TPSA) is 88.9 Å². The zero-order valence-corrected chi connectivity index (χ0v) is 15.5. The van der Waals surface area contributed by atoms with Gasteiger partial charge in [-0.2, -0.15) is 5.10 Å². The highest BCUT2D eigenvalue weighted by atomic mass is 16.5. The molecule has 0 atom stereocenters. The second kappa shape index (κ2) is 7.20. The van der Waals surface area contributed by atoms with Gasteiger partial charge in [0.1, 0.15) is 11.4 Å². The number of amides is 1. The van der Waals surface area contributed by atoms with Gasteiger partial charge in [0.2, 0.25) is 0 Å². The van der Waals surface area contributed by atoms with Gasteiger partial charge in [-0.05, 0) is 24.5 Å². The van der Waals surface area contributed by atoms with Crippen molar-refractivity contribution in [3.8, 4) is 0 Å². The van der Waals surface area contributed by atoms with Crippen LogP contribution in [0.4, 0.5) is 0 Å². The van der Waals surface area contributed by atoms with E-state index in [1.54, 1.807) is 4.90 Å². The Hall–Kier alpha value is -3.00. The summed E-state index contributed by atoms with van der Waals surface area (Å²) in [6, 6.07) is 12.1. The maximum atomic E-state index is 12.5. The van der Waals surface area contributed by atoms with Gasteiger partial charge in [-0.3, -0.25) is 9.89 Å². The molecule has 3 aromatic rings. The van der Waals surface area contributed by atoms with Crippen molar-refractivity contribution < 1.29 is 9.53 Å². The van der Waals surface area contributed by atoms with Crippen molar-refractivity contribution in [3.63, 3.8) is 0 Å². The first kappa shape index (κ1) is 17.1. The molecule has 144 valence electrons. The summed E-state index contributed by atoms with van der Waals surface area (Å²) in [7, 11) is 0. The number of ether oxygens (including phenoxy) is 1. The number of nitrogens with zero attached hydrogens (tertiary/aromatic N) is 5. The van der Waals surface area contributed by atoms with Crippen LogP contribution in [0.2, 0.25) is 0 Å². The molecule has 2 fully saturated rings.